The number of piperazine rings is 1. The largest absolute Gasteiger partial charge is 0.385 e. The lowest BCUT2D eigenvalue weighted by molar-refractivity contribution is 0.0280. The molecule has 0 bridgehead atoms. The first-order valence-corrected chi connectivity index (χ1v) is 8.69. The van der Waals surface area contributed by atoms with E-state index < -0.39 is 0 Å². The monoisotopic (exact) mass is 282 g/mol. The molecule has 1 saturated carbocycles. The maximum Gasteiger partial charge on any atom is 0.0462 e. The molecule has 0 aromatic rings. The van der Waals surface area contributed by atoms with Crippen molar-refractivity contribution in [2.24, 2.45) is 5.92 Å². The Morgan fingerprint density at radius 1 is 1.30 bits per heavy atom. The van der Waals surface area contributed by atoms with Crippen LogP contribution in [-0.4, -0.2) is 49.8 Å². The third kappa shape index (κ3) is 3.75. The normalized spacial score (nSPS) is 28.1. The highest BCUT2D eigenvalue weighted by Gasteiger charge is 2.43. The van der Waals surface area contributed by atoms with Crippen LogP contribution in [0.2, 0.25) is 0 Å². The lowest BCUT2D eigenvalue weighted by Gasteiger charge is -2.49. The van der Waals surface area contributed by atoms with E-state index in [0.29, 0.717) is 11.6 Å². The fourth-order valence-electron chi connectivity index (χ4n) is 4.00. The van der Waals surface area contributed by atoms with E-state index in [1.807, 2.05) is 7.11 Å². The van der Waals surface area contributed by atoms with Gasteiger partial charge in [0.15, 0.2) is 0 Å². The van der Waals surface area contributed by atoms with Gasteiger partial charge in [0.05, 0.1) is 0 Å². The van der Waals surface area contributed by atoms with Crippen LogP contribution in [-0.2, 0) is 4.74 Å². The van der Waals surface area contributed by atoms with E-state index in [-0.39, 0.29) is 0 Å². The zero-order valence-electron chi connectivity index (χ0n) is 13.8. The Kier molecular flexibility index (Phi) is 6.31. The van der Waals surface area contributed by atoms with Crippen LogP contribution in [0.3, 0.4) is 0 Å². The first kappa shape index (κ1) is 16.3. The molecule has 2 fully saturated rings. The van der Waals surface area contributed by atoms with Crippen LogP contribution in [0.1, 0.15) is 58.8 Å². The van der Waals surface area contributed by atoms with E-state index in [1.54, 1.807) is 0 Å². The lowest BCUT2D eigenvalue weighted by Crippen LogP contribution is -2.64. The molecule has 1 aliphatic heterocycles. The van der Waals surface area contributed by atoms with Crippen molar-refractivity contribution in [3.05, 3.63) is 0 Å². The second-order valence-electron chi connectivity index (χ2n) is 6.95. The molecule has 2 aliphatic rings. The first-order chi connectivity index (χ1) is 9.72. The molecular formula is C17H34N2O. The summed E-state index contributed by atoms with van der Waals surface area (Å²) in [7, 11) is 1.81. The van der Waals surface area contributed by atoms with Crippen LogP contribution < -0.4 is 5.32 Å². The van der Waals surface area contributed by atoms with E-state index >= 15 is 0 Å². The first-order valence-electron chi connectivity index (χ1n) is 8.69. The highest BCUT2D eigenvalue weighted by molar-refractivity contribution is 5.02. The minimum Gasteiger partial charge on any atom is -0.385 e. The van der Waals surface area contributed by atoms with Crippen LogP contribution in [0, 0.1) is 5.92 Å². The fraction of sp³-hybridized carbons (Fsp3) is 1.00. The Hall–Kier alpha value is -0.120. The molecule has 3 heteroatoms. The number of nitrogens with one attached hydrogen (secondary N) is 1. The Labute approximate surface area is 125 Å². The third-order valence-corrected chi connectivity index (χ3v) is 5.67. The van der Waals surface area contributed by atoms with Gasteiger partial charge in [0, 0.05) is 38.4 Å². The van der Waals surface area contributed by atoms with Crippen LogP contribution in [0.25, 0.3) is 0 Å². The smallest absolute Gasteiger partial charge is 0.0462 e. The van der Waals surface area contributed by atoms with E-state index in [2.05, 4.69) is 24.1 Å². The van der Waals surface area contributed by atoms with Crippen LogP contribution in [0.5, 0.6) is 0 Å². The van der Waals surface area contributed by atoms with Crippen molar-refractivity contribution < 1.29 is 4.74 Å². The van der Waals surface area contributed by atoms with Gasteiger partial charge in [-0.2, -0.15) is 0 Å². The predicted molar refractivity (Wildman–Crippen MR) is 85.1 cm³/mol. The quantitative estimate of drug-likeness (QED) is 0.726. The van der Waals surface area contributed by atoms with Gasteiger partial charge in [-0.1, -0.05) is 33.1 Å². The molecule has 1 heterocycles. The third-order valence-electron chi connectivity index (χ3n) is 5.67. The molecule has 1 saturated heterocycles. The highest BCUT2D eigenvalue weighted by Crippen LogP contribution is 2.37. The van der Waals surface area contributed by atoms with E-state index in [1.165, 1.54) is 64.6 Å². The van der Waals surface area contributed by atoms with Crippen molar-refractivity contribution in [3.63, 3.8) is 0 Å². The summed E-state index contributed by atoms with van der Waals surface area (Å²) in [6.07, 6.45) is 9.40. The number of ether oxygens (including phenoxy) is 1. The number of methoxy groups -OCH3 is 1. The summed E-state index contributed by atoms with van der Waals surface area (Å²) in [5, 5.41) is 3.87. The molecule has 1 aliphatic carbocycles. The summed E-state index contributed by atoms with van der Waals surface area (Å²) in [4.78, 5) is 2.84. The van der Waals surface area contributed by atoms with Crippen molar-refractivity contribution in [2.75, 3.05) is 33.4 Å². The number of rotatable bonds is 7. The fourth-order valence-corrected chi connectivity index (χ4v) is 4.00. The second kappa shape index (κ2) is 7.77. The van der Waals surface area contributed by atoms with Crippen LogP contribution >= 0.6 is 0 Å². The Morgan fingerprint density at radius 3 is 2.70 bits per heavy atom. The summed E-state index contributed by atoms with van der Waals surface area (Å²) >= 11 is 0. The van der Waals surface area contributed by atoms with Crippen molar-refractivity contribution in [1.82, 2.24) is 10.2 Å². The molecule has 2 unspecified atom stereocenters. The zero-order valence-corrected chi connectivity index (χ0v) is 13.8. The van der Waals surface area contributed by atoms with Crippen molar-refractivity contribution in [1.29, 1.82) is 0 Å². The summed E-state index contributed by atoms with van der Waals surface area (Å²) in [6, 6.07) is 0.689. The Balaban J connectivity index is 1.92. The molecule has 3 nitrogen and oxygen atoms in total. The van der Waals surface area contributed by atoms with Crippen LogP contribution in [0.4, 0.5) is 0 Å². The lowest BCUT2D eigenvalue weighted by atomic mass is 9.87. The van der Waals surface area contributed by atoms with Gasteiger partial charge in [-0.25, -0.2) is 0 Å². The molecule has 0 amide bonds. The average molecular weight is 282 g/mol. The number of nitrogens with zero attached hydrogens (tertiary/aromatic N) is 1. The molecule has 0 aromatic heterocycles. The summed E-state index contributed by atoms with van der Waals surface area (Å²) in [5.41, 5.74) is 0.483. The second-order valence-corrected chi connectivity index (χ2v) is 6.95. The molecule has 2 atom stereocenters. The van der Waals surface area contributed by atoms with Crippen LogP contribution in [0.15, 0.2) is 0 Å². The molecule has 1 spiro atoms. The Morgan fingerprint density at radius 2 is 2.05 bits per heavy atom. The van der Waals surface area contributed by atoms with Gasteiger partial charge in [-0.05, 0) is 38.1 Å². The summed E-state index contributed by atoms with van der Waals surface area (Å²) in [5.74, 6) is 0.787. The van der Waals surface area contributed by atoms with Crippen molar-refractivity contribution in [2.45, 2.75) is 70.4 Å². The van der Waals surface area contributed by atoms with Gasteiger partial charge in [-0.15, -0.1) is 0 Å². The maximum absolute atomic E-state index is 5.19. The minimum absolute atomic E-state index is 0.483. The van der Waals surface area contributed by atoms with E-state index in [9.17, 15) is 0 Å². The van der Waals surface area contributed by atoms with Gasteiger partial charge < -0.3 is 10.1 Å². The summed E-state index contributed by atoms with van der Waals surface area (Å²) in [6.45, 7) is 9.35. The van der Waals surface area contributed by atoms with Crippen molar-refractivity contribution >= 4 is 0 Å². The topological polar surface area (TPSA) is 24.5 Å². The van der Waals surface area contributed by atoms with Gasteiger partial charge in [0.2, 0.25) is 0 Å². The molecule has 0 radical (unpaired) electrons. The highest BCUT2D eigenvalue weighted by atomic mass is 16.5. The number of hydrogen-bond donors (Lipinski definition) is 1. The molecular weight excluding hydrogens is 248 g/mol. The van der Waals surface area contributed by atoms with Crippen molar-refractivity contribution in [3.8, 4) is 0 Å². The van der Waals surface area contributed by atoms with Gasteiger partial charge in [0.25, 0.3) is 0 Å². The van der Waals surface area contributed by atoms with Gasteiger partial charge >= 0.3 is 0 Å². The standard InChI is InChI=1S/C17H34N2O/c1-4-15(2)16-13-19(11-7-8-12-20-3)17(14-18-16)9-5-6-10-17/h15-16,18H,4-14H2,1-3H3. The number of unbranched alkanes of at least 4 members (excludes halogenated alkanes) is 1. The Bertz CT molecular complexity index is 276. The van der Waals surface area contributed by atoms with Gasteiger partial charge in [0.1, 0.15) is 0 Å². The average Bonchev–Trinajstić information content (AvgIpc) is 2.94. The predicted octanol–water partition coefficient (Wildman–Crippen LogP) is 3.05. The molecule has 1 N–H and O–H groups in total. The molecule has 20 heavy (non-hydrogen) atoms. The van der Waals surface area contributed by atoms with E-state index in [0.717, 1.165) is 12.5 Å². The zero-order chi connectivity index (χ0) is 14.4. The molecule has 118 valence electrons. The SMILES string of the molecule is CCC(C)C1CN(CCCCOC)C2(CCCC2)CN1. The maximum atomic E-state index is 5.19. The van der Waals surface area contributed by atoms with E-state index in [4.69, 9.17) is 4.74 Å². The molecule has 2 rings (SSSR count). The number of hydrogen-bond acceptors (Lipinski definition) is 3. The molecule has 0 aromatic carbocycles. The minimum atomic E-state index is 0.483. The summed E-state index contributed by atoms with van der Waals surface area (Å²) < 4.78 is 5.19. The van der Waals surface area contributed by atoms with Gasteiger partial charge in [-0.3, -0.25) is 4.90 Å².